The first-order valence-corrected chi connectivity index (χ1v) is 6.11. The quantitative estimate of drug-likeness (QED) is 0.694. The van der Waals surface area contributed by atoms with Gasteiger partial charge in [-0.1, -0.05) is 0 Å². The van der Waals surface area contributed by atoms with Crippen LogP contribution < -0.4 is 5.32 Å². The number of aromatic nitrogens is 4. The van der Waals surface area contributed by atoms with Gasteiger partial charge in [0.15, 0.2) is 23.9 Å². The first kappa shape index (κ1) is 13.2. The molecule has 3 heterocycles. The van der Waals surface area contributed by atoms with Gasteiger partial charge >= 0.3 is 0 Å². The van der Waals surface area contributed by atoms with E-state index in [2.05, 4.69) is 20.3 Å². The summed E-state index contributed by atoms with van der Waals surface area (Å²) in [7, 11) is 1.69. The molecule has 0 bridgehead atoms. The second-order valence-corrected chi connectivity index (χ2v) is 4.48. The molecule has 108 valence electrons. The lowest BCUT2D eigenvalue weighted by Crippen LogP contribution is -2.30. The van der Waals surface area contributed by atoms with E-state index in [-0.39, 0.29) is 0 Å². The Morgan fingerprint density at radius 1 is 1.45 bits per heavy atom. The number of alkyl halides is 1. The van der Waals surface area contributed by atoms with Crippen molar-refractivity contribution in [3.8, 4) is 0 Å². The summed E-state index contributed by atoms with van der Waals surface area (Å²) < 4.78 is 20.8. The van der Waals surface area contributed by atoms with Gasteiger partial charge in [0.25, 0.3) is 0 Å². The van der Waals surface area contributed by atoms with Crippen molar-refractivity contribution in [1.82, 2.24) is 19.5 Å². The number of hydrogen-bond acceptors (Lipinski definition) is 7. The number of fused-ring (bicyclic) bond motifs is 1. The highest BCUT2D eigenvalue weighted by molar-refractivity contribution is 5.82. The molecule has 0 aliphatic carbocycles. The molecule has 4 atom stereocenters. The van der Waals surface area contributed by atoms with E-state index in [1.54, 1.807) is 7.05 Å². The fraction of sp³-hybridized carbons (Fsp3) is 0.545. The van der Waals surface area contributed by atoms with Crippen molar-refractivity contribution >= 4 is 17.0 Å². The molecule has 9 heteroatoms. The lowest BCUT2D eigenvalue weighted by Gasteiger charge is -2.14. The SMILES string of the molecule is CNc1ncnc2c1ncn2[C@H]1O[C@@H](CO)[C@H](O)[C@H]1F. The van der Waals surface area contributed by atoms with Gasteiger partial charge in [0.1, 0.15) is 24.1 Å². The number of imidazole rings is 1. The van der Waals surface area contributed by atoms with Crippen LogP contribution in [0.1, 0.15) is 6.23 Å². The number of nitrogens with zero attached hydrogens (tertiary/aromatic N) is 4. The van der Waals surface area contributed by atoms with Crippen LogP contribution in [0.5, 0.6) is 0 Å². The maximum atomic E-state index is 14.1. The average Bonchev–Trinajstić information content (AvgIpc) is 3.01. The lowest BCUT2D eigenvalue weighted by atomic mass is 10.1. The van der Waals surface area contributed by atoms with Crippen LogP contribution in [0.4, 0.5) is 10.2 Å². The van der Waals surface area contributed by atoms with Crippen LogP contribution in [0.25, 0.3) is 11.2 Å². The van der Waals surface area contributed by atoms with Crippen LogP contribution >= 0.6 is 0 Å². The number of aliphatic hydroxyl groups is 2. The smallest absolute Gasteiger partial charge is 0.173 e. The van der Waals surface area contributed by atoms with E-state index in [1.807, 2.05) is 0 Å². The Bertz CT molecular complexity index is 621. The highest BCUT2D eigenvalue weighted by Crippen LogP contribution is 2.33. The third-order valence-electron chi connectivity index (χ3n) is 3.34. The maximum Gasteiger partial charge on any atom is 0.173 e. The van der Waals surface area contributed by atoms with Gasteiger partial charge in [0.05, 0.1) is 12.9 Å². The third kappa shape index (κ3) is 1.82. The molecule has 2 aromatic rings. The van der Waals surface area contributed by atoms with Crippen molar-refractivity contribution in [3.05, 3.63) is 12.7 Å². The van der Waals surface area contributed by atoms with Crippen molar-refractivity contribution in [1.29, 1.82) is 0 Å². The van der Waals surface area contributed by atoms with Crippen molar-refractivity contribution in [2.75, 3.05) is 19.0 Å². The molecular formula is C11H14FN5O3. The van der Waals surface area contributed by atoms with E-state index in [9.17, 15) is 9.50 Å². The van der Waals surface area contributed by atoms with Crippen LogP contribution in [0.15, 0.2) is 12.7 Å². The minimum Gasteiger partial charge on any atom is -0.394 e. The summed E-state index contributed by atoms with van der Waals surface area (Å²) in [5.41, 5.74) is 0.871. The van der Waals surface area contributed by atoms with Gasteiger partial charge in [0, 0.05) is 7.05 Å². The summed E-state index contributed by atoms with van der Waals surface area (Å²) in [5, 5.41) is 21.6. The van der Waals surface area contributed by atoms with Crippen molar-refractivity contribution in [2.24, 2.45) is 0 Å². The van der Waals surface area contributed by atoms with Gasteiger partial charge in [-0.3, -0.25) is 4.57 Å². The minimum absolute atomic E-state index is 0.391. The number of hydrogen-bond donors (Lipinski definition) is 3. The molecule has 0 aromatic carbocycles. The maximum absolute atomic E-state index is 14.1. The number of halogens is 1. The van der Waals surface area contributed by atoms with Gasteiger partial charge in [-0.25, -0.2) is 19.3 Å². The van der Waals surface area contributed by atoms with Crippen molar-refractivity contribution < 1.29 is 19.3 Å². The Hall–Kier alpha value is -1.84. The van der Waals surface area contributed by atoms with E-state index < -0.39 is 31.2 Å². The first-order chi connectivity index (χ1) is 9.67. The van der Waals surface area contributed by atoms with Gasteiger partial charge in [0.2, 0.25) is 0 Å². The number of ether oxygens (including phenoxy) is 1. The molecule has 8 nitrogen and oxygen atoms in total. The predicted molar refractivity (Wildman–Crippen MR) is 66.8 cm³/mol. The van der Waals surface area contributed by atoms with E-state index >= 15 is 0 Å². The molecule has 0 amide bonds. The number of rotatable bonds is 3. The van der Waals surface area contributed by atoms with Crippen LogP contribution in [-0.4, -0.2) is 61.8 Å². The summed E-state index contributed by atoms with van der Waals surface area (Å²) in [5.74, 6) is 0.515. The molecule has 3 rings (SSSR count). The Morgan fingerprint density at radius 2 is 2.25 bits per heavy atom. The molecule has 0 radical (unpaired) electrons. The standard InChI is InChI=1S/C11H14FN5O3/c1-13-9-7-10(15-3-14-9)17(4-16-7)11-6(12)8(19)5(2-18)20-11/h3-6,8,11,18-19H,2H2,1H3,(H,13,14,15)/t5-,6+,8-,11-/m0/s1. The molecule has 3 N–H and O–H groups in total. The van der Waals surface area contributed by atoms with E-state index in [0.717, 1.165) is 0 Å². The summed E-state index contributed by atoms with van der Waals surface area (Å²) in [6, 6.07) is 0. The van der Waals surface area contributed by atoms with Crippen LogP contribution in [0.2, 0.25) is 0 Å². The Balaban J connectivity index is 2.03. The molecular weight excluding hydrogens is 269 g/mol. The molecule has 0 unspecified atom stereocenters. The Labute approximate surface area is 113 Å². The molecule has 2 aromatic heterocycles. The second-order valence-electron chi connectivity index (χ2n) is 4.48. The van der Waals surface area contributed by atoms with E-state index in [0.29, 0.717) is 17.0 Å². The van der Waals surface area contributed by atoms with Crippen molar-refractivity contribution in [2.45, 2.75) is 24.6 Å². The van der Waals surface area contributed by atoms with Gasteiger partial charge in [-0.15, -0.1) is 0 Å². The molecule has 1 saturated heterocycles. The number of aliphatic hydroxyl groups excluding tert-OH is 2. The zero-order valence-corrected chi connectivity index (χ0v) is 10.6. The second kappa shape index (κ2) is 4.93. The molecule has 0 saturated carbocycles. The molecule has 0 spiro atoms. The van der Waals surface area contributed by atoms with E-state index in [1.165, 1.54) is 17.2 Å². The monoisotopic (exact) mass is 283 g/mol. The molecule has 1 aliphatic rings. The van der Waals surface area contributed by atoms with Crippen LogP contribution in [0, 0.1) is 0 Å². The molecule has 1 fully saturated rings. The summed E-state index contributed by atoms with van der Waals surface area (Å²) >= 11 is 0. The highest BCUT2D eigenvalue weighted by Gasteiger charge is 2.45. The fourth-order valence-corrected chi connectivity index (χ4v) is 2.30. The van der Waals surface area contributed by atoms with E-state index in [4.69, 9.17) is 9.84 Å². The fourth-order valence-electron chi connectivity index (χ4n) is 2.30. The van der Waals surface area contributed by atoms with Gasteiger partial charge < -0.3 is 20.3 Å². The summed E-state index contributed by atoms with van der Waals surface area (Å²) in [6.07, 6.45) is -2.38. The number of nitrogens with one attached hydrogen (secondary N) is 1. The van der Waals surface area contributed by atoms with Crippen molar-refractivity contribution in [3.63, 3.8) is 0 Å². The lowest BCUT2D eigenvalue weighted by molar-refractivity contribution is -0.0459. The Kier molecular flexibility index (Phi) is 3.24. The van der Waals surface area contributed by atoms with Gasteiger partial charge in [-0.05, 0) is 0 Å². The topological polar surface area (TPSA) is 105 Å². The highest BCUT2D eigenvalue weighted by atomic mass is 19.1. The largest absolute Gasteiger partial charge is 0.394 e. The van der Waals surface area contributed by atoms with Crippen LogP contribution in [0.3, 0.4) is 0 Å². The first-order valence-electron chi connectivity index (χ1n) is 6.11. The van der Waals surface area contributed by atoms with Crippen LogP contribution in [-0.2, 0) is 4.74 Å². The average molecular weight is 283 g/mol. The number of anilines is 1. The molecule has 1 aliphatic heterocycles. The minimum atomic E-state index is -1.67. The summed E-state index contributed by atoms with van der Waals surface area (Å²) in [4.78, 5) is 12.2. The zero-order valence-electron chi connectivity index (χ0n) is 10.6. The normalized spacial score (nSPS) is 30.0. The molecule has 20 heavy (non-hydrogen) atoms. The third-order valence-corrected chi connectivity index (χ3v) is 3.34. The zero-order chi connectivity index (χ0) is 14.3. The summed E-state index contributed by atoms with van der Waals surface area (Å²) in [6.45, 7) is -0.457. The predicted octanol–water partition coefficient (Wildman–Crippen LogP) is -0.543. The Morgan fingerprint density at radius 3 is 2.90 bits per heavy atom. The van der Waals surface area contributed by atoms with Gasteiger partial charge in [-0.2, -0.15) is 0 Å².